The Morgan fingerprint density at radius 3 is 2.68 bits per heavy atom. The van der Waals surface area contributed by atoms with Crippen molar-refractivity contribution in [2.75, 3.05) is 13.1 Å². The molecule has 0 N–H and O–H groups in total. The number of aromatic nitrogens is 6. The molecule has 1 fully saturated rings. The van der Waals surface area contributed by atoms with Gasteiger partial charge in [-0.05, 0) is 36.8 Å². The van der Waals surface area contributed by atoms with Crippen molar-refractivity contribution in [1.82, 2.24) is 34.8 Å². The quantitative estimate of drug-likeness (QED) is 0.494. The Bertz CT molecular complexity index is 1170. The van der Waals surface area contributed by atoms with Crippen LogP contribution in [0.2, 0.25) is 0 Å². The molecule has 0 aliphatic carbocycles. The topological polar surface area (TPSA) is 103 Å². The smallest absolute Gasteiger partial charge is 0.272 e. The first-order valence-corrected chi connectivity index (χ1v) is 10.2. The highest BCUT2D eigenvalue weighted by Gasteiger charge is 2.41. The lowest BCUT2D eigenvalue weighted by atomic mass is 9.90. The Morgan fingerprint density at radius 1 is 1.06 bits per heavy atom. The van der Waals surface area contributed by atoms with Gasteiger partial charge in [0, 0.05) is 62.1 Å². The number of amides is 1. The van der Waals surface area contributed by atoms with Crippen LogP contribution < -0.4 is 0 Å². The summed E-state index contributed by atoms with van der Waals surface area (Å²) in [6.07, 6.45) is 8.61. The Kier molecular flexibility index (Phi) is 4.99. The van der Waals surface area contributed by atoms with Gasteiger partial charge in [-0.15, -0.1) is 0 Å². The fraction of sp³-hybridized carbons (Fsp3) is 0.273. The number of hydrogen-bond donors (Lipinski definition) is 0. The fourth-order valence-corrected chi connectivity index (χ4v) is 4.09. The van der Waals surface area contributed by atoms with Crippen molar-refractivity contribution in [3.05, 3.63) is 78.5 Å². The normalized spacial score (nSPS) is 18.4. The molecule has 0 radical (unpaired) electrons. The lowest BCUT2D eigenvalue weighted by Gasteiger charge is -2.16. The molecule has 9 nitrogen and oxygen atoms in total. The van der Waals surface area contributed by atoms with Crippen molar-refractivity contribution in [2.24, 2.45) is 0 Å². The van der Waals surface area contributed by atoms with E-state index in [0.717, 1.165) is 11.1 Å². The van der Waals surface area contributed by atoms with E-state index in [1.54, 1.807) is 35.5 Å². The molecule has 0 unspecified atom stereocenters. The summed E-state index contributed by atoms with van der Waals surface area (Å²) in [5, 5.41) is 8.39. The molecule has 0 saturated carbocycles. The van der Waals surface area contributed by atoms with Crippen LogP contribution in [0.25, 0.3) is 11.4 Å². The third-order valence-electron chi connectivity index (χ3n) is 5.65. The maximum absolute atomic E-state index is 13.2. The first-order valence-electron chi connectivity index (χ1n) is 10.2. The Labute approximate surface area is 178 Å². The molecule has 4 aromatic heterocycles. The van der Waals surface area contributed by atoms with Crippen LogP contribution in [0.4, 0.5) is 0 Å². The fourth-order valence-electron chi connectivity index (χ4n) is 4.09. The van der Waals surface area contributed by atoms with E-state index in [1.807, 2.05) is 42.3 Å². The van der Waals surface area contributed by atoms with Gasteiger partial charge in [0.2, 0.25) is 11.7 Å². The Morgan fingerprint density at radius 2 is 1.90 bits per heavy atom. The number of likely N-dealkylation sites (tertiary alicyclic amines) is 1. The van der Waals surface area contributed by atoms with E-state index >= 15 is 0 Å². The summed E-state index contributed by atoms with van der Waals surface area (Å²) >= 11 is 0. The van der Waals surface area contributed by atoms with Gasteiger partial charge in [0.25, 0.3) is 5.91 Å². The van der Waals surface area contributed by atoms with Gasteiger partial charge in [-0.3, -0.25) is 19.4 Å². The van der Waals surface area contributed by atoms with Crippen molar-refractivity contribution in [2.45, 2.75) is 25.3 Å². The third kappa shape index (κ3) is 3.58. The highest BCUT2D eigenvalue weighted by Crippen LogP contribution is 2.39. The van der Waals surface area contributed by atoms with Crippen LogP contribution in [0, 0.1) is 0 Å². The Balaban J connectivity index is 1.47. The van der Waals surface area contributed by atoms with E-state index in [2.05, 4.69) is 25.2 Å². The second-order valence-electron chi connectivity index (χ2n) is 7.43. The molecule has 0 bridgehead atoms. The van der Waals surface area contributed by atoms with Crippen LogP contribution in [0.15, 0.2) is 65.8 Å². The maximum Gasteiger partial charge on any atom is 0.272 e. The summed E-state index contributed by atoms with van der Waals surface area (Å²) in [6.45, 7) is 3.62. The van der Waals surface area contributed by atoms with Crippen molar-refractivity contribution in [3.63, 3.8) is 0 Å². The van der Waals surface area contributed by atoms with Crippen LogP contribution >= 0.6 is 0 Å². The molecular formula is C22H21N7O2. The summed E-state index contributed by atoms with van der Waals surface area (Å²) in [5.41, 5.74) is 2.45. The van der Waals surface area contributed by atoms with Gasteiger partial charge in [0.15, 0.2) is 0 Å². The van der Waals surface area contributed by atoms with E-state index in [-0.39, 0.29) is 17.7 Å². The van der Waals surface area contributed by atoms with Crippen LogP contribution in [0.3, 0.4) is 0 Å². The summed E-state index contributed by atoms with van der Waals surface area (Å²) in [6, 6.07) is 9.36. The van der Waals surface area contributed by atoms with Crippen LogP contribution in [-0.4, -0.2) is 53.8 Å². The van der Waals surface area contributed by atoms with Crippen LogP contribution in [0.1, 0.15) is 40.7 Å². The van der Waals surface area contributed by atoms with Gasteiger partial charge in [-0.2, -0.15) is 10.1 Å². The van der Waals surface area contributed by atoms with Gasteiger partial charge in [0.1, 0.15) is 5.69 Å². The minimum Gasteiger partial charge on any atom is -0.339 e. The summed E-state index contributed by atoms with van der Waals surface area (Å²) in [7, 11) is 0. The monoisotopic (exact) mass is 415 g/mol. The molecule has 5 rings (SSSR count). The summed E-state index contributed by atoms with van der Waals surface area (Å²) < 4.78 is 7.37. The SMILES string of the molecule is CCn1nccc1C(=O)N1C[C@@H](c2cccnc2)[C@H](c2nc(-c3ccncc3)no2)C1. The van der Waals surface area contributed by atoms with Crippen molar-refractivity contribution in [1.29, 1.82) is 0 Å². The molecule has 31 heavy (non-hydrogen) atoms. The number of pyridine rings is 2. The van der Waals surface area contributed by atoms with E-state index in [4.69, 9.17) is 4.52 Å². The molecule has 5 heterocycles. The third-order valence-corrected chi connectivity index (χ3v) is 5.65. The minimum absolute atomic E-state index is 0.00129. The van der Waals surface area contributed by atoms with E-state index in [0.29, 0.717) is 37.0 Å². The van der Waals surface area contributed by atoms with E-state index < -0.39 is 0 Å². The molecule has 156 valence electrons. The molecule has 9 heteroatoms. The molecular weight excluding hydrogens is 394 g/mol. The maximum atomic E-state index is 13.2. The predicted molar refractivity (Wildman–Crippen MR) is 111 cm³/mol. The summed E-state index contributed by atoms with van der Waals surface area (Å²) in [5.74, 6) is 0.844. The summed E-state index contributed by atoms with van der Waals surface area (Å²) in [4.78, 5) is 28.0. The predicted octanol–water partition coefficient (Wildman–Crippen LogP) is 2.77. The van der Waals surface area contributed by atoms with Gasteiger partial charge in [0.05, 0.1) is 5.92 Å². The highest BCUT2D eigenvalue weighted by atomic mass is 16.5. The first kappa shape index (κ1) is 19.1. The molecule has 4 aromatic rings. The van der Waals surface area contributed by atoms with Gasteiger partial charge in [-0.25, -0.2) is 0 Å². The van der Waals surface area contributed by atoms with Gasteiger partial charge < -0.3 is 9.42 Å². The number of aryl methyl sites for hydroxylation is 1. The number of hydrogen-bond acceptors (Lipinski definition) is 7. The average Bonchev–Trinajstić information content (AvgIpc) is 3.58. The highest BCUT2D eigenvalue weighted by molar-refractivity contribution is 5.92. The van der Waals surface area contributed by atoms with Gasteiger partial charge in [-0.1, -0.05) is 11.2 Å². The van der Waals surface area contributed by atoms with E-state index in [1.165, 1.54) is 0 Å². The zero-order valence-electron chi connectivity index (χ0n) is 17.0. The largest absolute Gasteiger partial charge is 0.339 e. The lowest BCUT2D eigenvalue weighted by molar-refractivity contribution is 0.0776. The average molecular weight is 415 g/mol. The molecule has 0 spiro atoms. The van der Waals surface area contributed by atoms with Crippen molar-refractivity contribution < 1.29 is 9.32 Å². The van der Waals surface area contributed by atoms with Crippen LogP contribution in [-0.2, 0) is 6.54 Å². The number of rotatable bonds is 5. The number of carbonyl (C=O) groups is 1. The minimum atomic E-state index is -0.130. The molecule has 2 atom stereocenters. The van der Waals surface area contributed by atoms with Crippen LogP contribution in [0.5, 0.6) is 0 Å². The van der Waals surface area contributed by atoms with Crippen molar-refractivity contribution in [3.8, 4) is 11.4 Å². The molecule has 1 aliphatic rings. The van der Waals surface area contributed by atoms with Crippen molar-refractivity contribution >= 4 is 5.91 Å². The van der Waals surface area contributed by atoms with E-state index in [9.17, 15) is 4.79 Å². The first-order chi connectivity index (χ1) is 15.2. The zero-order valence-corrected chi connectivity index (χ0v) is 17.0. The second-order valence-corrected chi connectivity index (χ2v) is 7.43. The van der Waals surface area contributed by atoms with Gasteiger partial charge >= 0.3 is 0 Å². The molecule has 1 saturated heterocycles. The zero-order chi connectivity index (χ0) is 21.2. The lowest BCUT2D eigenvalue weighted by Crippen LogP contribution is -2.30. The Hall–Kier alpha value is -3.88. The standard InChI is InChI=1S/C22H21N7O2/c1-2-29-19(7-11-25-29)22(30)28-13-17(16-4-3-8-24-12-16)18(14-28)21-26-20(27-31-21)15-5-9-23-10-6-15/h3-12,17-18H,2,13-14H2,1H3/t17-,18+/m0/s1. The molecule has 1 aliphatic heterocycles. The number of nitrogens with zero attached hydrogens (tertiary/aromatic N) is 7. The second kappa shape index (κ2) is 8.10. The molecule has 0 aromatic carbocycles. The molecule has 1 amide bonds. The number of carbonyl (C=O) groups excluding carboxylic acids is 1.